The Kier molecular flexibility index (Phi) is 4.45. The lowest BCUT2D eigenvalue weighted by molar-refractivity contribution is 0.202. The zero-order valence-electron chi connectivity index (χ0n) is 10.3. The van der Waals surface area contributed by atoms with Gasteiger partial charge in [0, 0.05) is 12.2 Å². The first-order chi connectivity index (χ1) is 7.95. The average molecular weight is 237 g/mol. The van der Waals surface area contributed by atoms with Crippen molar-refractivity contribution in [3.63, 3.8) is 0 Å². The van der Waals surface area contributed by atoms with Crippen LogP contribution in [0.1, 0.15) is 25.1 Å². The molecule has 5 heteroatoms. The van der Waals surface area contributed by atoms with E-state index >= 15 is 0 Å². The van der Waals surface area contributed by atoms with Gasteiger partial charge in [0.1, 0.15) is 5.82 Å². The van der Waals surface area contributed by atoms with Crippen molar-refractivity contribution < 1.29 is 15.0 Å². The number of aliphatic hydroxyl groups excluding tert-OH is 1. The number of pyridine rings is 1. The summed E-state index contributed by atoms with van der Waals surface area (Å²) in [7, 11) is 0. The predicted molar refractivity (Wildman–Crippen MR) is 64.9 cm³/mol. The van der Waals surface area contributed by atoms with Gasteiger partial charge in [-0.15, -0.1) is 0 Å². The number of amides is 1. The van der Waals surface area contributed by atoms with Crippen molar-refractivity contribution in [3.05, 3.63) is 29.3 Å². The normalized spacial score (nSPS) is 10.6. The topological polar surface area (TPSA) is 73.7 Å². The summed E-state index contributed by atoms with van der Waals surface area (Å²) in [6, 6.07) is 3.30. The number of carboxylic acid groups (broad SMARTS) is 1. The molecule has 0 aliphatic carbocycles. The van der Waals surface area contributed by atoms with Crippen molar-refractivity contribution in [1.82, 2.24) is 4.98 Å². The Morgan fingerprint density at radius 3 is 2.47 bits per heavy atom. The maximum absolute atomic E-state index is 11.1. The summed E-state index contributed by atoms with van der Waals surface area (Å²) in [4.78, 5) is 16.5. The highest BCUT2D eigenvalue weighted by Gasteiger charge is 2.17. The molecule has 1 aromatic rings. The molecule has 0 aromatic carbocycles. The molecule has 0 fully saturated rings. The van der Waals surface area contributed by atoms with Gasteiger partial charge < -0.3 is 10.2 Å². The van der Waals surface area contributed by atoms with Crippen LogP contribution in [0, 0.1) is 12.8 Å². The molecule has 0 aliphatic heterocycles. The zero-order valence-corrected chi connectivity index (χ0v) is 10.3. The van der Waals surface area contributed by atoms with E-state index in [-0.39, 0.29) is 6.61 Å². The van der Waals surface area contributed by atoms with E-state index < -0.39 is 6.09 Å². The minimum absolute atomic E-state index is 0.0921. The summed E-state index contributed by atoms with van der Waals surface area (Å²) >= 11 is 0. The van der Waals surface area contributed by atoms with Gasteiger partial charge in [0.25, 0.3) is 0 Å². The summed E-state index contributed by atoms with van der Waals surface area (Å²) in [5.41, 5.74) is 1.35. The first-order valence-corrected chi connectivity index (χ1v) is 5.32. The van der Waals surface area contributed by atoms with Crippen LogP contribution < -0.4 is 4.90 Å². The zero-order chi connectivity index (χ0) is 13.0. The molecule has 93 valence electrons. The van der Waals surface area contributed by atoms with Gasteiger partial charge in [0.15, 0.2) is 0 Å². The third kappa shape index (κ3) is 3.42. The van der Waals surface area contributed by atoms with Crippen LogP contribution in [0.4, 0.5) is 10.6 Å². The maximum Gasteiger partial charge on any atom is 0.413 e. The Bertz CT molecular complexity index is 405. The van der Waals surface area contributed by atoms with Crippen LogP contribution in [0.15, 0.2) is 12.1 Å². The van der Waals surface area contributed by atoms with Crippen molar-refractivity contribution in [3.8, 4) is 0 Å². The highest BCUT2D eigenvalue weighted by Crippen LogP contribution is 2.17. The van der Waals surface area contributed by atoms with E-state index in [1.165, 1.54) is 4.90 Å². The summed E-state index contributed by atoms with van der Waals surface area (Å²) in [6.45, 7) is 5.71. The maximum atomic E-state index is 11.1. The molecule has 1 radical (unpaired) electrons. The summed E-state index contributed by atoms with van der Waals surface area (Å²) in [5, 5.41) is 18.1. The van der Waals surface area contributed by atoms with Crippen LogP contribution in [-0.2, 0) is 6.61 Å². The third-order valence-corrected chi connectivity index (χ3v) is 2.33. The molecule has 0 saturated carbocycles. The van der Waals surface area contributed by atoms with Crippen LogP contribution in [-0.4, -0.2) is 27.8 Å². The van der Waals surface area contributed by atoms with Gasteiger partial charge >= 0.3 is 6.09 Å². The third-order valence-electron chi connectivity index (χ3n) is 2.33. The number of aliphatic hydroxyl groups is 1. The van der Waals surface area contributed by atoms with Gasteiger partial charge in [-0.2, -0.15) is 0 Å². The Morgan fingerprint density at radius 2 is 2.06 bits per heavy atom. The summed E-state index contributed by atoms with van der Waals surface area (Å²) < 4.78 is 0. The molecule has 1 amide bonds. The van der Waals surface area contributed by atoms with E-state index in [2.05, 4.69) is 4.98 Å². The van der Waals surface area contributed by atoms with Gasteiger partial charge in [-0.3, -0.25) is 4.90 Å². The molecule has 0 bridgehead atoms. The van der Waals surface area contributed by atoms with E-state index in [9.17, 15) is 4.79 Å². The van der Waals surface area contributed by atoms with Crippen molar-refractivity contribution in [2.24, 2.45) is 0 Å². The van der Waals surface area contributed by atoms with E-state index in [0.29, 0.717) is 23.6 Å². The molecule has 17 heavy (non-hydrogen) atoms. The largest absolute Gasteiger partial charge is 0.465 e. The molecule has 5 nitrogen and oxygen atoms in total. The lowest BCUT2D eigenvalue weighted by atomic mass is 10.2. The fraction of sp³-hybridized carbons (Fsp3) is 0.417. The molecular weight excluding hydrogens is 220 g/mol. The van der Waals surface area contributed by atoms with E-state index in [0.717, 1.165) is 5.92 Å². The first-order valence-electron chi connectivity index (χ1n) is 5.32. The SMILES string of the molecule is C[C](C)CN(C(=O)O)c1ccc(CO)c(C)n1. The van der Waals surface area contributed by atoms with Crippen molar-refractivity contribution >= 4 is 11.9 Å². The Morgan fingerprint density at radius 1 is 1.41 bits per heavy atom. The molecule has 0 unspecified atom stereocenters. The number of aromatic nitrogens is 1. The monoisotopic (exact) mass is 237 g/mol. The molecule has 2 N–H and O–H groups in total. The number of hydrogen-bond donors (Lipinski definition) is 2. The average Bonchev–Trinajstić information content (AvgIpc) is 2.25. The van der Waals surface area contributed by atoms with Gasteiger partial charge in [0.05, 0.1) is 6.61 Å². The number of carbonyl (C=O) groups is 1. The minimum atomic E-state index is -1.03. The fourth-order valence-corrected chi connectivity index (χ4v) is 1.46. The van der Waals surface area contributed by atoms with Gasteiger partial charge in [0.2, 0.25) is 0 Å². The molecular formula is C12H17N2O3. The molecule has 0 spiro atoms. The molecule has 0 saturated heterocycles. The predicted octanol–water partition coefficient (Wildman–Crippen LogP) is 1.98. The Hall–Kier alpha value is -1.62. The molecule has 1 rings (SSSR count). The van der Waals surface area contributed by atoms with Gasteiger partial charge in [-0.05, 0) is 24.5 Å². The quantitative estimate of drug-likeness (QED) is 0.839. The lowest BCUT2D eigenvalue weighted by Gasteiger charge is -2.20. The summed E-state index contributed by atoms with van der Waals surface area (Å²) in [6.07, 6.45) is -1.03. The van der Waals surface area contributed by atoms with Crippen LogP contribution in [0.25, 0.3) is 0 Å². The molecule has 0 atom stereocenters. The lowest BCUT2D eigenvalue weighted by Crippen LogP contribution is -2.33. The van der Waals surface area contributed by atoms with E-state index in [4.69, 9.17) is 10.2 Å². The first kappa shape index (κ1) is 13.4. The highest BCUT2D eigenvalue weighted by atomic mass is 16.4. The summed E-state index contributed by atoms with van der Waals surface area (Å²) in [5.74, 6) is 1.37. The van der Waals surface area contributed by atoms with Gasteiger partial charge in [-0.25, -0.2) is 9.78 Å². The second-order valence-electron chi connectivity index (χ2n) is 4.15. The van der Waals surface area contributed by atoms with E-state index in [1.807, 2.05) is 13.8 Å². The number of rotatable bonds is 4. The van der Waals surface area contributed by atoms with Crippen LogP contribution in [0.5, 0.6) is 0 Å². The Labute approximate surface area is 101 Å². The van der Waals surface area contributed by atoms with Crippen LogP contribution >= 0.6 is 0 Å². The molecule has 0 aliphatic rings. The Balaban J connectivity index is 3.02. The minimum Gasteiger partial charge on any atom is -0.465 e. The highest BCUT2D eigenvalue weighted by molar-refractivity contribution is 5.85. The van der Waals surface area contributed by atoms with Crippen molar-refractivity contribution in [1.29, 1.82) is 0 Å². The number of hydrogen-bond acceptors (Lipinski definition) is 3. The smallest absolute Gasteiger partial charge is 0.413 e. The van der Waals surface area contributed by atoms with Crippen LogP contribution in [0.3, 0.4) is 0 Å². The van der Waals surface area contributed by atoms with Crippen molar-refractivity contribution in [2.75, 3.05) is 11.4 Å². The number of aryl methyl sites for hydroxylation is 1. The number of anilines is 1. The van der Waals surface area contributed by atoms with Crippen LogP contribution in [0.2, 0.25) is 0 Å². The second kappa shape index (κ2) is 5.63. The molecule has 1 heterocycles. The second-order valence-corrected chi connectivity index (χ2v) is 4.15. The molecule has 1 aromatic heterocycles. The fourth-order valence-electron chi connectivity index (χ4n) is 1.46. The van der Waals surface area contributed by atoms with Crippen molar-refractivity contribution in [2.45, 2.75) is 27.4 Å². The number of nitrogens with zero attached hydrogens (tertiary/aromatic N) is 2. The van der Waals surface area contributed by atoms with Gasteiger partial charge in [-0.1, -0.05) is 19.9 Å². The van der Waals surface area contributed by atoms with E-state index in [1.54, 1.807) is 19.1 Å². The standard InChI is InChI=1S/C12H17N2O3/c1-8(2)6-14(12(16)17)11-5-4-10(7-15)9(3)13-11/h4-5,15H,6-7H2,1-3H3,(H,16,17).